The first-order valence-corrected chi connectivity index (χ1v) is 5.26. The second kappa shape index (κ2) is 4.31. The van der Waals surface area contributed by atoms with Gasteiger partial charge in [0.25, 0.3) is 0 Å². The molecule has 14 heavy (non-hydrogen) atoms. The quantitative estimate of drug-likeness (QED) is 0.683. The van der Waals surface area contributed by atoms with Crippen LogP contribution in [0.5, 0.6) is 0 Å². The van der Waals surface area contributed by atoms with Gasteiger partial charge in [0, 0.05) is 24.5 Å². The van der Waals surface area contributed by atoms with Gasteiger partial charge in [-0.2, -0.15) is 0 Å². The molecule has 0 aromatic carbocycles. The summed E-state index contributed by atoms with van der Waals surface area (Å²) >= 11 is 0. The Balaban J connectivity index is 1.95. The number of fused-ring (bicyclic) bond motifs is 1. The second-order valence-electron chi connectivity index (χ2n) is 3.64. The van der Waals surface area contributed by atoms with Crippen molar-refractivity contribution < 1.29 is 0 Å². The predicted molar refractivity (Wildman–Crippen MR) is 57.0 cm³/mol. The van der Waals surface area contributed by atoms with Gasteiger partial charge in [-0.3, -0.25) is 4.98 Å². The lowest BCUT2D eigenvalue weighted by Gasteiger charge is -1.97. The fourth-order valence-electron chi connectivity index (χ4n) is 1.68. The molecular weight excluding hydrogens is 174 g/mol. The third-order valence-corrected chi connectivity index (χ3v) is 2.46. The molecule has 0 radical (unpaired) electrons. The highest BCUT2D eigenvalue weighted by Gasteiger charge is 2.15. The van der Waals surface area contributed by atoms with Crippen molar-refractivity contribution in [3.8, 4) is 0 Å². The van der Waals surface area contributed by atoms with Crippen molar-refractivity contribution in [1.29, 1.82) is 0 Å². The molecule has 0 amide bonds. The first-order chi connectivity index (χ1) is 6.90. The third kappa shape index (κ3) is 1.97. The van der Waals surface area contributed by atoms with Crippen molar-refractivity contribution in [3.05, 3.63) is 18.1 Å². The zero-order valence-corrected chi connectivity index (χ0v) is 8.53. The van der Waals surface area contributed by atoms with Gasteiger partial charge in [-0.05, 0) is 12.8 Å². The molecule has 2 heterocycles. The number of nitrogens with zero attached hydrogens (tertiary/aromatic N) is 3. The van der Waals surface area contributed by atoms with Gasteiger partial charge in [0.1, 0.15) is 0 Å². The number of hydrogen-bond acceptors (Lipinski definition) is 3. The van der Waals surface area contributed by atoms with Crippen LogP contribution < -0.4 is 0 Å². The smallest absolute Gasteiger partial charge is 0.174 e. The maximum absolute atomic E-state index is 4.47. The number of rotatable bonds is 4. The van der Waals surface area contributed by atoms with Gasteiger partial charge in [0.05, 0.1) is 5.69 Å². The van der Waals surface area contributed by atoms with E-state index in [1.165, 1.54) is 25.0 Å². The second-order valence-corrected chi connectivity index (χ2v) is 3.64. The Kier molecular flexibility index (Phi) is 2.87. The van der Waals surface area contributed by atoms with Crippen molar-refractivity contribution in [2.45, 2.75) is 39.0 Å². The Morgan fingerprint density at radius 2 is 2.07 bits per heavy atom. The summed E-state index contributed by atoms with van der Waals surface area (Å²) in [7, 11) is 0. The fourth-order valence-corrected chi connectivity index (χ4v) is 1.68. The summed E-state index contributed by atoms with van der Waals surface area (Å²) in [5.74, 6) is 0.832. The molecule has 3 heteroatoms. The highest BCUT2D eigenvalue weighted by atomic mass is 15.0. The van der Waals surface area contributed by atoms with Gasteiger partial charge < -0.3 is 0 Å². The molecular formula is C11H15N3. The van der Waals surface area contributed by atoms with Crippen LogP contribution in [-0.4, -0.2) is 15.7 Å². The number of hydrogen-bond donors (Lipinski definition) is 0. The third-order valence-electron chi connectivity index (χ3n) is 2.46. The van der Waals surface area contributed by atoms with Crippen molar-refractivity contribution in [3.63, 3.8) is 0 Å². The van der Waals surface area contributed by atoms with E-state index in [9.17, 15) is 0 Å². The molecule has 0 saturated heterocycles. The molecule has 0 atom stereocenters. The lowest BCUT2D eigenvalue weighted by atomic mass is 10.1. The molecule has 0 saturated carbocycles. The SMILES string of the molecule is CCCCCC1=Nc2nccnc2C1. The molecule has 0 aliphatic carbocycles. The molecule has 0 unspecified atom stereocenters. The van der Waals surface area contributed by atoms with Crippen LogP contribution in [0, 0.1) is 0 Å². The van der Waals surface area contributed by atoms with Gasteiger partial charge in [-0.1, -0.05) is 19.8 Å². The summed E-state index contributed by atoms with van der Waals surface area (Å²) in [4.78, 5) is 12.9. The van der Waals surface area contributed by atoms with E-state index in [1.54, 1.807) is 12.4 Å². The highest BCUT2D eigenvalue weighted by Crippen LogP contribution is 2.22. The fraction of sp³-hybridized carbons (Fsp3) is 0.545. The summed E-state index contributed by atoms with van der Waals surface area (Å²) in [6, 6.07) is 0. The Bertz CT molecular complexity index is 344. The van der Waals surface area contributed by atoms with Gasteiger partial charge in [-0.25, -0.2) is 9.98 Å². The average Bonchev–Trinajstić information content (AvgIpc) is 2.60. The largest absolute Gasteiger partial charge is 0.255 e. The molecule has 0 spiro atoms. The molecule has 0 bridgehead atoms. The maximum atomic E-state index is 4.47. The minimum Gasteiger partial charge on any atom is -0.255 e. The van der Waals surface area contributed by atoms with Crippen molar-refractivity contribution >= 4 is 11.5 Å². The molecule has 1 aliphatic rings. The van der Waals surface area contributed by atoms with E-state index in [1.807, 2.05) is 0 Å². The molecule has 1 aromatic heterocycles. The zero-order chi connectivity index (χ0) is 9.80. The van der Waals surface area contributed by atoms with Crippen molar-refractivity contribution in [1.82, 2.24) is 9.97 Å². The predicted octanol–water partition coefficient (Wildman–Crippen LogP) is 2.69. The number of unbranched alkanes of at least 4 members (excludes halogenated alkanes) is 2. The summed E-state index contributed by atoms with van der Waals surface area (Å²) in [6.45, 7) is 2.22. The van der Waals surface area contributed by atoms with Crippen LogP contribution in [0.25, 0.3) is 0 Å². The maximum Gasteiger partial charge on any atom is 0.174 e. The first-order valence-electron chi connectivity index (χ1n) is 5.26. The Morgan fingerprint density at radius 3 is 2.86 bits per heavy atom. The van der Waals surface area contributed by atoms with Crippen molar-refractivity contribution in [2.24, 2.45) is 4.99 Å². The first kappa shape index (κ1) is 9.31. The van der Waals surface area contributed by atoms with Crippen molar-refractivity contribution in [2.75, 3.05) is 0 Å². The van der Waals surface area contributed by atoms with E-state index in [2.05, 4.69) is 21.9 Å². The van der Waals surface area contributed by atoms with Gasteiger partial charge >= 0.3 is 0 Å². The lowest BCUT2D eigenvalue weighted by molar-refractivity contribution is 0.739. The normalized spacial score (nSPS) is 13.9. The van der Waals surface area contributed by atoms with E-state index >= 15 is 0 Å². The molecule has 2 rings (SSSR count). The molecule has 3 nitrogen and oxygen atoms in total. The van der Waals surface area contributed by atoms with Crippen LogP contribution >= 0.6 is 0 Å². The zero-order valence-electron chi connectivity index (χ0n) is 8.53. The molecule has 0 fully saturated rings. The Morgan fingerprint density at radius 1 is 1.21 bits per heavy atom. The van der Waals surface area contributed by atoms with Crippen LogP contribution in [0.1, 0.15) is 38.3 Å². The number of aromatic nitrogens is 2. The molecule has 0 N–H and O–H groups in total. The average molecular weight is 189 g/mol. The monoisotopic (exact) mass is 189 g/mol. The highest BCUT2D eigenvalue weighted by molar-refractivity contribution is 5.92. The minimum atomic E-state index is 0.832. The van der Waals surface area contributed by atoms with Gasteiger partial charge in [0.15, 0.2) is 5.82 Å². The van der Waals surface area contributed by atoms with Crippen LogP contribution in [0.3, 0.4) is 0 Å². The summed E-state index contributed by atoms with van der Waals surface area (Å²) in [5, 5.41) is 0. The standard InChI is InChI=1S/C11H15N3/c1-2-3-4-5-9-8-10-11(14-9)13-7-6-12-10/h6-7H,2-5,8H2,1H3. The Hall–Kier alpha value is -1.25. The summed E-state index contributed by atoms with van der Waals surface area (Å²) < 4.78 is 0. The van der Waals surface area contributed by atoms with Crippen LogP contribution in [-0.2, 0) is 6.42 Å². The molecule has 1 aliphatic heterocycles. The summed E-state index contributed by atoms with van der Waals surface area (Å²) in [6.07, 6.45) is 9.25. The van der Waals surface area contributed by atoms with E-state index in [-0.39, 0.29) is 0 Å². The minimum absolute atomic E-state index is 0.832. The Labute approximate surface area is 84.3 Å². The van der Waals surface area contributed by atoms with Crippen LogP contribution in [0.2, 0.25) is 0 Å². The van der Waals surface area contributed by atoms with E-state index in [0.29, 0.717) is 0 Å². The van der Waals surface area contributed by atoms with Crippen LogP contribution in [0.15, 0.2) is 17.4 Å². The molecule has 1 aromatic rings. The number of aliphatic imine (C=N–C) groups is 1. The lowest BCUT2D eigenvalue weighted by Crippen LogP contribution is -1.98. The van der Waals surface area contributed by atoms with E-state index < -0.39 is 0 Å². The summed E-state index contributed by atoms with van der Waals surface area (Å²) in [5.41, 5.74) is 2.29. The molecule has 74 valence electrons. The van der Waals surface area contributed by atoms with E-state index in [4.69, 9.17) is 0 Å². The van der Waals surface area contributed by atoms with Crippen LogP contribution in [0.4, 0.5) is 5.82 Å². The van der Waals surface area contributed by atoms with Gasteiger partial charge in [-0.15, -0.1) is 0 Å². The van der Waals surface area contributed by atoms with Gasteiger partial charge in [0.2, 0.25) is 0 Å². The topological polar surface area (TPSA) is 38.1 Å². The van der Waals surface area contributed by atoms with E-state index in [0.717, 1.165) is 24.4 Å².